The van der Waals surface area contributed by atoms with E-state index in [1.165, 1.54) is 0 Å². The van der Waals surface area contributed by atoms with Crippen LogP contribution in [0.2, 0.25) is 0 Å². The molecule has 2 atom stereocenters. The van der Waals surface area contributed by atoms with Gasteiger partial charge in [0.05, 0.1) is 33.6 Å². The minimum absolute atomic E-state index is 0.657. The molecule has 0 saturated heterocycles. The summed E-state index contributed by atoms with van der Waals surface area (Å²) in [6.07, 6.45) is 5.23. The average Bonchev–Trinajstić information content (AvgIpc) is 2.91. The van der Waals surface area contributed by atoms with E-state index in [9.17, 15) is 0 Å². The van der Waals surface area contributed by atoms with Crippen molar-refractivity contribution in [1.29, 1.82) is 0 Å². The molecule has 3 aromatic carbocycles. The first-order valence-electron chi connectivity index (χ1n) is 10.7. The van der Waals surface area contributed by atoms with Gasteiger partial charge in [0.2, 0.25) is 23.6 Å². The van der Waals surface area contributed by atoms with Crippen LogP contribution in [0.5, 0.6) is 17.2 Å². The Bertz CT molecular complexity index is 1250. The smallest absolute Gasteiger partial charge is 0.497 e. The molecule has 0 aliphatic heterocycles. The zero-order valence-corrected chi connectivity index (χ0v) is 23.5. The van der Waals surface area contributed by atoms with Gasteiger partial charge in [0.1, 0.15) is 5.75 Å². The molecule has 11 heteroatoms. The number of nitrogens with zero attached hydrogens (tertiary/aromatic N) is 4. The Labute approximate surface area is 223 Å². The third kappa shape index (κ3) is 8.47. The van der Waals surface area contributed by atoms with Gasteiger partial charge >= 0.3 is 14.1 Å². The Morgan fingerprint density at radius 1 is 0.667 bits per heavy atom. The van der Waals surface area contributed by atoms with Gasteiger partial charge in [-0.05, 0) is 77.4 Å². The fourth-order valence-electron chi connectivity index (χ4n) is 2.65. The first kappa shape index (κ1) is 27.4. The van der Waals surface area contributed by atoms with Crippen molar-refractivity contribution in [1.82, 2.24) is 9.56 Å². The van der Waals surface area contributed by atoms with E-state index in [0.29, 0.717) is 11.5 Å². The van der Waals surface area contributed by atoms with Crippen LogP contribution in [0.3, 0.4) is 0 Å². The molecule has 0 heterocycles. The number of benzene rings is 3. The number of rotatable bonds is 12. The maximum atomic E-state index is 5.88. The Kier molecular flexibility index (Phi) is 10.5. The normalized spacial score (nSPS) is 11.8. The molecular weight excluding hydrogens is 530 g/mol. The maximum absolute atomic E-state index is 5.88. The molecule has 0 radical (unpaired) electrons. The highest BCUT2D eigenvalue weighted by Crippen LogP contribution is 2.32. The molecule has 7 nitrogen and oxygen atoms in total. The van der Waals surface area contributed by atoms with Crippen LogP contribution in [0.25, 0.3) is 6.08 Å². The largest absolute Gasteiger partial charge is 0.540 e. The molecule has 2 unspecified atom stereocenters. The molecule has 36 heavy (non-hydrogen) atoms. The van der Waals surface area contributed by atoms with Crippen molar-refractivity contribution in [3.05, 3.63) is 96.1 Å². The molecule has 0 aromatic heterocycles. The van der Waals surface area contributed by atoms with E-state index < -0.39 is 14.1 Å². The predicted molar refractivity (Wildman–Crippen MR) is 157 cm³/mol. The number of hydrogen-bond donors (Lipinski definition) is 0. The number of hydrazone groups is 2. The summed E-state index contributed by atoms with van der Waals surface area (Å²) in [5.74, 6) is 2.15. The summed E-state index contributed by atoms with van der Waals surface area (Å²) in [5.41, 5.74) is 2.85. The molecule has 3 rings (SSSR count). The Hall–Kier alpha value is -3.22. The Morgan fingerprint density at radius 2 is 1.03 bits per heavy atom. The fourth-order valence-corrected chi connectivity index (χ4v) is 4.53. The number of hydrogen-bond acceptors (Lipinski definition) is 7. The van der Waals surface area contributed by atoms with Gasteiger partial charge in [-0.15, -0.1) is 10.2 Å². The van der Waals surface area contributed by atoms with Gasteiger partial charge in [0.15, 0.2) is 11.5 Å². The van der Waals surface area contributed by atoms with Crippen LogP contribution in [0.4, 0.5) is 0 Å². The second-order valence-electron chi connectivity index (χ2n) is 7.24. The SMILES string of the molecule is C=Cc1ccc(O[P+](=S)N(C)/N=C\c2ccc(O[P+](=S)N(C)/N=C\c3ccc(OC)cc3)cc2)cc1. The van der Waals surface area contributed by atoms with E-state index in [2.05, 4.69) is 16.8 Å². The van der Waals surface area contributed by atoms with Crippen LogP contribution in [0.15, 0.2) is 89.6 Å². The van der Waals surface area contributed by atoms with Gasteiger partial charge in [-0.2, -0.15) is 0 Å². The van der Waals surface area contributed by atoms with E-state index >= 15 is 0 Å². The summed E-state index contributed by atoms with van der Waals surface area (Å²) in [6.45, 7) is 3.74. The number of methoxy groups -OCH3 is 1. The van der Waals surface area contributed by atoms with Crippen molar-refractivity contribution in [2.45, 2.75) is 0 Å². The van der Waals surface area contributed by atoms with Crippen molar-refractivity contribution in [3.63, 3.8) is 0 Å². The molecule has 0 aliphatic carbocycles. The monoisotopic (exact) mass is 556 g/mol. The second-order valence-corrected chi connectivity index (χ2v) is 11.6. The lowest BCUT2D eigenvalue weighted by Gasteiger charge is -2.04. The van der Waals surface area contributed by atoms with E-state index in [4.69, 9.17) is 37.4 Å². The summed E-state index contributed by atoms with van der Waals surface area (Å²) in [6, 6.07) is 22.7. The molecule has 0 bridgehead atoms. The standard InChI is InChI=1S/C25H26N4O3P2S2/c1-5-20-6-14-24(15-7-20)31-33(35)29(3)27-19-22-10-16-25(17-11-22)32-34(36)28(2)26-18-21-8-12-23(30-4)13-9-21/h5-19H,1H2,2-4H3/q+2/b26-18-,27-19-. The minimum atomic E-state index is -1.37. The number of ether oxygens (including phenoxy) is 1. The van der Waals surface area contributed by atoms with Gasteiger partial charge in [-0.1, -0.05) is 34.3 Å². The van der Waals surface area contributed by atoms with Crippen LogP contribution in [0, 0.1) is 0 Å². The summed E-state index contributed by atoms with van der Waals surface area (Å²) < 4.78 is 20.1. The first-order chi connectivity index (χ1) is 17.4. The lowest BCUT2D eigenvalue weighted by Crippen LogP contribution is -2.04. The topological polar surface area (TPSA) is 58.9 Å². The van der Waals surface area contributed by atoms with Crippen LogP contribution >= 0.6 is 14.1 Å². The highest BCUT2D eigenvalue weighted by atomic mass is 32.4. The third-order valence-electron chi connectivity index (χ3n) is 4.70. The van der Waals surface area contributed by atoms with E-state index in [1.807, 2.05) is 72.8 Å². The van der Waals surface area contributed by atoms with Crippen molar-refractivity contribution < 1.29 is 13.8 Å². The van der Waals surface area contributed by atoms with Crippen molar-refractivity contribution in [2.24, 2.45) is 10.2 Å². The summed E-state index contributed by atoms with van der Waals surface area (Å²) >= 11 is 10.9. The molecule has 184 valence electrons. The van der Waals surface area contributed by atoms with Gasteiger partial charge in [0, 0.05) is 0 Å². The molecule has 3 aromatic rings. The van der Waals surface area contributed by atoms with Gasteiger partial charge < -0.3 is 4.74 Å². The van der Waals surface area contributed by atoms with Crippen LogP contribution in [-0.2, 0) is 23.6 Å². The fraction of sp³-hybridized carbons (Fsp3) is 0.120. The zero-order chi connectivity index (χ0) is 25.9. The molecule has 0 saturated carbocycles. The molecule has 0 aliphatic rings. The third-order valence-corrected chi connectivity index (χ3v) is 8.45. The summed E-state index contributed by atoms with van der Waals surface area (Å²) in [5, 5.41) is 8.79. The van der Waals surface area contributed by atoms with Crippen molar-refractivity contribution in [2.75, 3.05) is 21.2 Å². The van der Waals surface area contributed by atoms with Gasteiger partial charge in [-0.3, -0.25) is 9.05 Å². The highest BCUT2D eigenvalue weighted by molar-refractivity contribution is 8.02. The molecule has 0 N–H and O–H groups in total. The predicted octanol–water partition coefficient (Wildman–Crippen LogP) is 6.58. The van der Waals surface area contributed by atoms with E-state index in [1.54, 1.807) is 49.3 Å². The molecule has 0 fully saturated rings. The lowest BCUT2D eigenvalue weighted by atomic mass is 10.2. The first-order valence-corrected chi connectivity index (χ1v) is 15.2. The van der Waals surface area contributed by atoms with Crippen LogP contribution < -0.4 is 13.8 Å². The molecular formula is C25H26N4O3P2S2+2. The van der Waals surface area contributed by atoms with Gasteiger partial charge in [-0.25, -0.2) is 0 Å². The van der Waals surface area contributed by atoms with Gasteiger partial charge in [0.25, 0.3) is 0 Å². The zero-order valence-electron chi connectivity index (χ0n) is 20.1. The van der Waals surface area contributed by atoms with Crippen molar-refractivity contribution >= 4 is 56.3 Å². The average molecular weight is 557 g/mol. The van der Waals surface area contributed by atoms with E-state index in [0.717, 1.165) is 22.4 Å². The van der Waals surface area contributed by atoms with Crippen molar-refractivity contribution in [3.8, 4) is 17.2 Å². The summed E-state index contributed by atoms with van der Waals surface area (Å²) in [7, 11) is 2.50. The quantitative estimate of drug-likeness (QED) is 0.142. The second kappa shape index (κ2) is 13.8. The van der Waals surface area contributed by atoms with E-state index in [-0.39, 0.29) is 0 Å². The minimum Gasteiger partial charge on any atom is -0.497 e. The van der Waals surface area contributed by atoms with Crippen LogP contribution in [-0.4, -0.2) is 43.2 Å². The van der Waals surface area contributed by atoms with Crippen LogP contribution in [0.1, 0.15) is 16.7 Å². The molecule has 0 amide bonds. The maximum Gasteiger partial charge on any atom is 0.540 e. The summed E-state index contributed by atoms with van der Waals surface area (Å²) in [4.78, 5) is 0. The Balaban J connectivity index is 1.50. The highest BCUT2D eigenvalue weighted by Gasteiger charge is 2.21. The lowest BCUT2D eigenvalue weighted by molar-refractivity contribution is 0.415. The Morgan fingerprint density at radius 3 is 1.39 bits per heavy atom. The molecule has 0 spiro atoms.